The van der Waals surface area contributed by atoms with Crippen molar-refractivity contribution in [2.24, 2.45) is 0 Å². The van der Waals surface area contributed by atoms with Gasteiger partial charge in [0.05, 0.1) is 0 Å². The van der Waals surface area contributed by atoms with Crippen LogP contribution in [-0.2, 0) is 25.6 Å². The summed E-state index contributed by atoms with van der Waals surface area (Å²) >= 11 is 1.81. The van der Waals surface area contributed by atoms with Crippen LogP contribution in [0, 0.1) is 0 Å². The van der Waals surface area contributed by atoms with Gasteiger partial charge in [-0.25, -0.2) is 8.32 Å². The van der Waals surface area contributed by atoms with Gasteiger partial charge in [-0.15, -0.1) is 5.06 Å². The Labute approximate surface area is 134 Å². The monoisotopic (exact) mass is 404 g/mol. The average molecular weight is 404 g/mol. The van der Waals surface area contributed by atoms with Crippen LogP contribution in [-0.4, -0.2) is 34.0 Å². The second-order valence-corrected chi connectivity index (χ2v) is 5.15. The predicted octanol–water partition coefficient (Wildman–Crippen LogP) is 0.850. The molecule has 0 spiro atoms. The van der Waals surface area contributed by atoms with Gasteiger partial charge in [0.2, 0.25) is 0 Å². The Hall–Kier alpha value is -1.68. The number of imide groups is 1. The molecule has 0 saturated carbocycles. The zero-order valence-corrected chi connectivity index (χ0v) is 13.1. The maximum atomic E-state index is 12.0. The molecule has 112 valence electrons. The second kappa shape index (κ2) is 6.85. The maximum absolute atomic E-state index is 12.0. The van der Waals surface area contributed by atoms with Crippen LogP contribution in [0.25, 0.3) is 0 Å². The lowest BCUT2D eigenvalue weighted by Crippen LogP contribution is -2.41. The summed E-state index contributed by atoms with van der Waals surface area (Å²) < 4.78 is 2.75. The van der Waals surface area contributed by atoms with Crippen LogP contribution in [0.4, 0.5) is 0 Å². The first-order valence-electron chi connectivity index (χ1n) is 6.23. The van der Waals surface area contributed by atoms with Crippen molar-refractivity contribution in [3.8, 4) is 5.75 Å². The lowest BCUT2D eigenvalue weighted by molar-refractivity contribution is -0.198. The van der Waals surface area contributed by atoms with Crippen molar-refractivity contribution in [2.75, 3.05) is 0 Å². The van der Waals surface area contributed by atoms with Gasteiger partial charge < -0.3 is 9.94 Å². The Morgan fingerprint density at radius 2 is 1.86 bits per heavy atom. The van der Waals surface area contributed by atoms with E-state index in [1.54, 1.807) is 35.0 Å². The summed E-state index contributed by atoms with van der Waals surface area (Å²) in [6.07, 6.45) is 0.428. The first-order valence-corrected chi connectivity index (χ1v) is 7.31. The van der Waals surface area contributed by atoms with Gasteiger partial charge in [-0.1, -0.05) is 12.1 Å². The molecule has 2 amide bonds. The number of hydrogen-bond donors (Lipinski definition) is 2. The Balaban J connectivity index is 2.00. The van der Waals surface area contributed by atoms with Gasteiger partial charge in [0.1, 0.15) is 11.8 Å². The van der Waals surface area contributed by atoms with Crippen molar-refractivity contribution in [2.45, 2.75) is 25.3 Å². The number of carbonyl (C=O) groups is 3. The number of hydroxylamine groups is 2. The van der Waals surface area contributed by atoms with E-state index < -0.39 is 23.8 Å². The topological polar surface area (TPSA) is 95.9 Å². The highest BCUT2D eigenvalue weighted by Gasteiger charge is 2.34. The van der Waals surface area contributed by atoms with E-state index in [1.807, 2.05) is 0 Å². The van der Waals surface area contributed by atoms with Crippen molar-refractivity contribution in [3.05, 3.63) is 29.8 Å². The molecule has 0 unspecified atom stereocenters. The van der Waals surface area contributed by atoms with Crippen LogP contribution in [0.2, 0.25) is 0 Å². The number of phenols is 1. The number of amides is 2. The molecule has 2 rings (SSSR count). The van der Waals surface area contributed by atoms with Crippen LogP contribution in [0.15, 0.2) is 24.3 Å². The van der Waals surface area contributed by atoms with Crippen molar-refractivity contribution in [1.82, 2.24) is 8.59 Å². The highest BCUT2D eigenvalue weighted by Crippen LogP contribution is 2.15. The molecule has 0 aromatic heterocycles. The first-order chi connectivity index (χ1) is 10.0. The Bertz CT molecular complexity index is 544. The molecule has 1 aromatic rings. The molecule has 1 atom stereocenters. The Kier molecular flexibility index (Phi) is 5.12. The zero-order chi connectivity index (χ0) is 15.4. The van der Waals surface area contributed by atoms with Crippen LogP contribution in [0.1, 0.15) is 18.4 Å². The van der Waals surface area contributed by atoms with E-state index in [0.29, 0.717) is 11.5 Å². The van der Waals surface area contributed by atoms with E-state index in [0.717, 1.165) is 5.56 Å². The fraction of sp³-hybridized carbons (Fsp3) is 0.308. The number of phenolic OH excluding ortho intramolecular Hbond substituents is 1. The molecule has 1 heterocycles. The minimum Gasteiger partial charge on any atom is -0.508 e. The number of nitrogens with zero attached hydrogens (tertiary/aromatic N) is 1. The number of hydrogen-bond acceptors (Lipinski definition) is 6. The normalized spacial score (nSPS) is 16.1. The summed E-state index contributed by atoms with van der Waals surface area (Å²) in [4.78, 5) is 39.7. The summed E-state index contributed by atoms with van der Waals surface area (Å²) in [5.74, 6) is -1.59. The van der Waals surface area contributed by atoms with Crippen LogP contribution < -0.4 is 3.53 Å². The highest BCUT2D eigenvalue weighted by molar-refractivity contribution is 14.1. The summed E-state index contributed by atoms with van der Waals surface area (Å²) in [5.41, 5.74) is 0.804. The molecule has 0 aliphatic carbocycles. The summed E-state index contributed by atoms with van der Waals surface area (Å²) in [5, 5.41) is 9.74. The molecule has 1 aliphatic heterocycles. The molecule has 1 fully saturated rings. The molecule has 1 aromatic carbocycles. The van der Waals surface area contributed by atoms with Crippen LogP contribution in [0.3, 0.4) is 0 Å². The van der Waals surface area contributed by atoms with E-state index in [4.69, 9.17) is 4.84 Å². The van der Waals surface area contributed by atoms with Gasteiger partial charge in [0.15, 0.2) is 0 Å². The number of benzene rings is 1. The molecule has 7 nitrogen and oxygen atoms in total. The third-order valence-corrected chi connectivity index (χ3v) is 3.73. The minimum absolute atomic E-state index is 0.0619. The van der Waals surface area contributed by atoms with E-state index in [1.165, 1.54) is 12.1 Å². The third-order valence-electron chi connectivity index (χ3n) is 2.98. The Morgan fingerprint density at radius 1 is 1.29 bits per heavy atom. The third kappa shape index (κ3) is 3.91. The quantitative estimate of drug-likeness (QED) is 0.429. The SMILES string of the molecule is O=C(ON1C(=O)CCC1=O)[C@H](Cc1ccc(O)cc1)NI. The smallest absolute Gasteiger partial charge is 0.350 e. The zero-order valence-electron chi connectivity index (χ0n) is 10.9. The number of halogens is 1. The van der Waals surface area contributed by atoms with E-state index in [2.05, 4.69) is 3.53 Å². The minimum atomic E-state index is -0.712. The molecule has 2 N–H and O–H groups in total. The van der Waals surface area contributed by atoms with Gasteiger partial charge in [-0.3, -0.25) is 9.59 Å². The number of nitrogens with one attached hydrogen (secondary N) is 1. The molecular weight excluding hydrogens is 391 g/mol. The summed E-state index contributed by atoms with van der Waals surface area (Å²) in [7, 11) is 0. The van der Waals surface area contributed by atoms with Crippen molar-refractivity contribution >= 4 is 40.6 Å². The van der Waals surface area contributed by atoms with Crippen LogP contribution in [0.5, 0.6) is 5.75 Å². The fourth-order valence-corrected chi connectivity index (χ4v) is 2.32. The number of rotatable bonds is 5. The molecule has 8 heteroatoms. The molecule has 0 bridgehead atoms. The largest absolute Gasteiger partial charge is 0.508 e. The van der Waals surface area contributed by atoms with E-state index >= 15 is 0 Å². The summed E-state index contributed by atoms with van der Waals surface area (Å²) in [6, 6.07) is 5.67. The van der Waals surface area contributed by atoms with Gasteiger partial charge in [0.25, 0.3) is 11.8 Å². The average Bonchev–Trinajstić information content (AvgIpc) is 2.78. The lowest BCUT2D eigenvalue weighted by atomic mass is 10.1. The molecule has 1 aliphatic rings. The van der Waals surface area contributed by atoms with E-state index in [-0.39, 0.29) is 18.6 Å². The van der Waals surface area contributed by atoms with Crippen molar-refractivity contribution in [3.63, 3.8) is 0 Å². The highest BCUT2D eigenvalue weighted by atomic mass is 127. The van der Waals surface area contributed by atoms with Crippen molar-refractivity contribution < 1.29 is 24.3 Å². The molecule has 0 radical (unpaired) electrons. The van der Waals surface area contributed by atoms with Crippen molar-refractivity contribution in [1.29, 1.82) is 0 Å². The van der Waals surface area contributed by atoms with Gasteiger partial charge in [0, 0.05) is 35.7 Å². The van der Waals surface area contributed by atoms with Gasteiger partial charge >= 0.3 is 5.97 Å². The summed E-state index contributed by atoms with van der Waals surface area (Å²) in [6.45, 7) is 0. The standard InChI is InChI=1S/C13H13IN2O5/c14-15-10(7-8-1-3-9(17)4-2-8)13(20)21-16-11(18)5-6-12(16)19/h1-4,10,15,17H,5-7H2/t10-/m0/s1. The number of aromatic hydroxyl groups is 1. The predicted molar refractivity (Wildman–Crippen MR) is 79.9 cm³/mol. The molecule has 21 heavy (non-hydrogen) atoms. The van der Waals surface area contributed by atoms with E-state index in [9.17, 15) is 19.5 Å². The maximum Gasteiger partial charge on any atom is 0.350 e. The molecular formula is C13H13IN2O5. The van der Waals surface area contributed by atoms with Gasteiger partial charge in [-0.2, -0.15) is 0 Å². The molecule has 1 saturated heterocycles. The number of carbonyl (C=O) groups excluding carboxylic acids is 3. The fourth-order valence-electron chi connectivity index (χ4n) is 1.85. The van der Waals surface area contributed by atoms with Gasteiger partial charge in [-0.05, 0) is 24.1 Å². The second-order valence-electron chi connectivity index (χ2n) is 4.52. The first kappa shape index (κ1) is 15.7. The van der Waals surface area contributed by atoms with Crippen LogP contribution >= 0.6 is 22.9 Å². The Morgan fingerprint density at radius 3 is 2.38 bits per heavy atom. The lowest BCUT2D eigenvalue weighted by Gasteiger charge is -2.18.